The molecule has 0 aliphatic carbocycles. The summed E-state index contributed by atoms with van der Waals surface area (Å²) in [6.45, 7) is 3.43. The topological polar surface area (TPSA) is 141 Å². The van der Waals surface area contributed by atoms with Gasteiger partial charge in [-0.2, -0.15) is 10.2 Å². The first-order chi connectivity index (χ1) is 21.1. The predicted molar refractivity (Wildman–Crippen MR) is 170 cm³/mol. The molecule has 2 heterocycles. The lowest BCUT2D eigenvalue weighted by atomic mass is 10.0. The number of nitrogens with one attached hydrogen (secondary N) is 1. The Bertz CT molecular complexity index is 1750. The number of carbonyl (C=O) groups is 2. The SMILES string of the molecule is CN1CCN(c2nc(N)nc3cc(C(=O)NC(Cc4cccc(Oc5ccc(Cl)cc5C#N)c4)C(=O)N(C)C)ccc23)CC1. The Morgan fingerprint density at radius 2 is 1.86 bits per heavy atom. The molecule has 11 nitrogen and oxygen atoms in total. The van der Waals surface area contributed by atoms with Gasteiger partial charge in [-0.15, -0.1) is 0 Å². The summed E-state index contributed by atoms with van der Waals surface area (Å²) in [5.41, 5.74) is 8.02. The van der Waals surface area contributed by atoms with Crippen LogP contribution in [0.4, 0.5) is 11.8 Å². The molecule has 0 bridgehead atoms. The molecule has 0 saturated carbocycles. The number of amides is 2. The van der Waals surface area contributed by atoms with Crippen LogP contribution in [0.3, 0.4) is 0 Å². The maximum absolute atomic E-state index is 13.5. The van der Waals surface area contributed by atoms with E-state index in [4.69, 9.17) is 22.1 Å². The van der Waals surface area contributed by atoms with Crippen molar-refractivity contribution in [3.63, 3.8) is 0 Å². The Morgan fingerprint density at radius 3 is 2.59 bits per heavy atom. The average molecular weight is 613 g/mol. The molecule has 0 radical (unpaired) electrons. The molecule has 5 rings (SSSR count). The van der Waals surface area contributed by atoms with Gasteiger partial charge in [0, 0.05) is 62.7 Å². The second-order valence-electron chi connectivity index (χ2n) is 10.9. The monoisotopic (exact) mass is 612 g/mol. The van der Waals surface area contributed by atoms with Crippen molar-refractivity contribution < 1.29 is 14.3 Å². The second kappa shape index (κ2) is 13.2. The summed E-state index contributed by atoms with van der Waals surface area (Å²) in [5.74, 6) is 1.03. The molecule has 226 valence electrons. The van der Waals surface area contributed by atoms with E-state index in [9.17, 15) is 14.9 Å². The summed E-state index contributed by atoms with van der Waals surface area (Å²) in [6, 6.07) is 18.4. The number of rotatable bonds is 8. The van der Waals surface area contributed by atoms with Crippen LogP contribution in [0.15, 0.2) is 60.7 Å². The fourth-order valence-corrected chi connectivity index (χ4v) is 5.23. The van der Waals surface area contributed by atoms with Crippen LogP contribution >= 0.6 is 11.6 Å². The summed E-state index contributed by atoms with van der Waals surface area (Å²) in [4.78, 5) is 41.4. The Morgan fingerprint density at radius 1 is 1.09 bits per heavy atom. The number of likely N-dealkylation sites (N-methyl/N-ethyl adjacent to an activating group) is 2. The first-order valence-electron chi connectivity index (χ1n) is 14.1. The first-order valence-corrected chi connectivity index (χ1v) is 14.5. The van der Waals surface area contributed by atoms with Crippen LogP contribution in [0.25, 0.3) is 10.9 Å². The van der Waals surface area contributed by atoms with Crippen LogP contribution in [-0.4, -0.2) is 84.9 Å². The second-order valence-corrected chi connectivity index (χ2v) is 11.3. The minimum atomic E-state index is -0.856. The van der Waals surface area contributed by atoms with Crippen LogP contribution in [-0.2, 0) is 11.2 Å². The number of anilines is 2. The van der Waals surface area contributed by atoms with E-state index < -0.39 is 11.9 Å². The van der Waals surface area contributed by atoms with E-state index in [1.54, 1.807) is 56.6 Å². The van der Waals surface area contributed by atoms with Gasteiger partial charge in [0.25, 0.3) is 5.91 Å². The zero-order valence-corrected chi connectivity index (χ0v) is 25.5. The molecule has 44 heavy (non-hydrogen) atoms. The van der Waals surface area contributed by atoms with Crippen molar-refractivity contribution in [2.45, 2.75) is 12.5 Å². The van der Waals surface area contributed by atoms with Crippen molar-refractivity contribution in [2.75, 3.05) is 58.0 Å². The molecule has 2 amide bonds. The van der Waals surface area contributed by atoms with Crippen LogP contribution in [0, 0.1) is 11.3 Å². The van der Waals surface area contributed by atoms with E-state index in [0.717, 1.165) is 42.9 Å². The molecular weight excluding hydrogens is 580 g/mol. The third-order valence-electron chi connectivity index (χ3n) is 7.43. The minimum Gasteiger partial charge on any atom is -0.456 e. The van der Waals surface area contributed by atoms with Crippen LogP contribution < -0.4 is 20.7 Å². The van der Waals surface area contributed by atoms with Gasteiger partial charge in [0.05, 0.1) is 11.1 Å². The van der Waals surface area contributed by atoms with Gasteiger partial charge in [-0.3, -0.25) is 9.59 Å². The highest BCUT2D eigenvalue weighted by atomic mass is 35.5. The number of carbonyl (C=O) groups excluding carboxylic acids is 2. The molecule has 3 N–H and O–H groups in total. The van der Waals surface area contributed by atoms with Crippen molar-refractivity contribution in [2.24, 2.45) is 0 Å². The van der Waals surface area contributed by atoms with Gasteiger partial charge < -0.3 is 30.5 Å². The Hall–Kier alpha value is -4.92. The number of aromatic nitrogens is 2. The minimum absolute atomic E-state index is 0.132. The standard InChI is InChI=1S/C32H33ClN8O3/c1-39(2)31(43)27(16-20-5-4-6-24(15-20)44-28-10-8-23(33)17-22(28)19-34)36-30(42)21-7-9-25-26(18-21)37-32(35)38-29(25)41-13-11-40(3)12-14-41/h4-10,15,17-18,27H,11-14,16H2,1-3H3,(H,36,42)(H2,35,37,38). The lowest BCUT2D eigenvalue weighted by Crippen LogP contribution is -2.47. The fourth-order valence-electron chi connectivity index (χ4n) is 5.06. The number of hydrogen-bond donors (Lipinski definition) is 2. The lowest BCUT2D eigenvalue weighted by molar-refractivity contribution is -0.130. The molecular formula is C32H33ClN8O3. The van der Waals surface area contributed by atoms with Crippen molar-refractivity contribution in [3.05, 3.63) is 82.4 Å². The van der Waals surface area contributed by atoms with E-state index in [0.29, 0.717) is 33.2 Å². The van der Waals surface area contributed by atoms with Gasteiger partial charge in [0.2, 0.25) is 11.9 Å². The maximum atomic E-state index is 13.5. The highest BCUT2D eigenvalue weighted by molar-refractivity contribution is 6.30. The summed E-state index contributed by atoms with van der Waals surface area (Å²) < 4.78 is 5.95. The summed E-state index contributed by atoms with van der Waals surface area (Å²) in [5, 5.41) is 13.6. The number of piperazine rings is 1. The van der Waals surface area contributed by atoms with Gasteiger partial charge in [0.1, 0.15) is 29.4 Å². The summed E-state index contributed by atoms with van der Waals surface area (Å²) in [6.07, 6.45) is 0.210. The molecule has 1 saturated heterocycles. The molecule has 0 spiro atoms. The lowest BCUT2D eigenvalue weighted by Gasteiger charge is -2.33. The highest BCUT2D eigenvalue weighted by Crippen LogP contribution is 2.29. The molecule has 1 unspecified atom stereocenters. The van der Waals surface area contributed by atoms with Crippen molar-refractivity contribution >= 4 is 46.1 Å². The summed E-state index contributed by atoms with van der Waals surface area (Å²) >= 11 is 6.01. The Kier molecular flexibility index (Phi) is 9.13. The van der Waals surface area contributed by atoms with Crippen LogP contribution in [0.5, 0.6) is 11.5 Å². The number of benzene rings is 3. The van der Waals surface area contributed by atoms with Crippen LogP contribution in [0.1, 0.15) is 21.5 Å². The van der Waals surface area contributed by atoms with Crippen molar-refractivity contribution in [3.8, 4) is 17.6 Å². The van der Waals surface area contributed by atoms with E-state index in [1.165, 1.54) is 11.0 Å². The van der Waals surface area contributed by atoms with Crippen LogP contribution in [0.2, 0.25) is 5.02 Å². The average Bonchev–Trinajstić information content (AvgIpc) is 3.01. The fraction of sp³-hybridized carbons (Fsp3) is 0.281. The first kappa shape index (κ1) is 30.5. The smallest absolute Gasteiger partial charge is 0.252 e. The predicted octanol–water partition coefficient (Wildman–Crippen LogP) is 3.71. The third kappa shape index (κ3) is 6.99. The third-order valence-corrected chi connectivity index (χ3v) is 7.67. The van der Waals surface area contributed by atoms with E-state index in [-0.39, 0.29) is 18.3 Å². The molecule has 1 aromatic heterocycles. The number of ether oxygens (including phenoxy) is 1. The summed E-state index contributed by atoms with van der Waals surface area (Å²) in [7, 11) is 5.36. The Balaban J connectivity index is 1.36. The molecule has 12 heteroatoms. The van der Waals surface area contributed by atoms with E-state index in [1.807, 2.05) is 12.1 Å². The zero-order valence-electron chi connectivity index (χ0n) is 24.7. The largest absolute Gasteiger partial charge is 0.456 e. The normalized spacial score (nSPS) is 14.1. The molecule has 1 aliphatic heterocycles. The zero-order chi connectivity index (χ0) is 31.4. The number of nitrogens with two attached hydrogens (primary N) is 1. The molecule has 4 aromatic rings. The number of halogens is 1. The number of fused-ring (bicyclic) bond motifs is 1. The van der Waals surface area contributed by atoms with Gasteiger partial charge in [-0.1, -0.05) is 23.7 Å². The van der Waals surface area contributed by atoms with Crippen molar-refractivity contribution in [1.29, 1.82) is 5.26 Å². The van der Waals surface area contributed by atoms with Gasteiger partial charge in [0.15, 0.2) is 0 Å². The van der Waals surface area contributed by atoms with Gasteiger partial charge in [-0.25, -0.2) is 4.98 Å². The number of hydrogen-bond acceptors (Lipinski definition) is 9. The van der Waals surface area contributed by atoms with Gasteiger partial charge >= 0.3 is 0 Å². The van der Waals surface area contributed by atoms with Gasteiger partial charge in [-0.05, 0) is 61.1 Å². The molecule has 1 aliphatic rings. The highest BCUT2D eigenvalue weighted by Gasteiger charge is 2.25. The molecule has 1 atom stereocenters. The number of nitrogen functional groups attached to an aromatic ring is 1. The molecule has 3 aromatic carbocycles. The Labute approximate surface area is 260 Å². The van der Waals surface area contributed by atoms with E-state index in [2.05, 4.69) is 38.2 Å². The van der Waals surface area contributed by atoms with E-state index >= 15 is 0 Å². The number of nitriles is 1. The molecule has 1 fully saturated rings. The number of nitrogens with zero attached hydrogens (tertiary/aromatic N) is 6. The maximum Gasteiger partial charge on any atom is 0.252 e. The quantitative estimate of drug-likeness (QED) is 0.305. The van der Waals surface area contributed by atoms with Crippen molar-refractivity contribution in [1.82, 2.24) is 25.1 Å².